The molecule has 0 bridgehead atoms. The van der Waals surface area contributed by atoms with Crippen LogP contribution in [-0.4, -0.2) is 29.1 Å². The number of rotatable bonds is 7. The van der Waals surface area contributed by atoms with Crippen molar-refractivity contribution in [1.29, 1.82) is 0 Å². The lowest BCUT2D eigenvalue weighted by molar-refractivity contribution is -0.384. The van der Waals surface area contributed by atoms with E-state index in [-0.39, 0.29) is 23.3 Å². The van der Waals surface area contributed by atoms with E-state index in [1.807, 2.05) is 12.1 Å². The average molecular weight is 389 g/mol. The summed E-state index contributed by atoms with van der Waals surface area (Å²) in [6.45, 7) is 3.18. The summed E-state index contributed by atoms with van der Waals surface area (Å²) >= 11 is 1.35. The first-order chi connectivity index (χ1) is 12.8. The Bertz CT molecular complexity index is 855. The molecule has 1 atom stereocenters. The minimum absolute atomic E-state index is 0.119. The maximum absolute atomic E-state index is 12.4. The fourth-order valence-corrected chi connectivity index (χ4v) is 3.08. The Labute approximate surface area is 160 Å². The fourth-order valence-electron chi connectivity index (χ4n) is 2.21. The number of anilines is 2. The monoisotopic (exact) mass is 389 g/mol. The topological polar surface area (TPSA) is 111 Å². The molecule has 2 N–H and O–H groups in total. The predicted molar refractivity (Wildman–Crippen MR) is 104 cm³/mol. The van der Waals surface area contributed by atoms with E-state index in [0.717, 1.165) is 4.90 Å². The number of nitrogens with one attached hydrogen (secondary N) is 2. The number of nitro groups is 1. The van der Waals surface area contributed by atoms with Crippen LogP contribution in [0.4, 0.5) is 17.1 Å². The number of thioether (sulfide) groups is 1. The van der Waals surface area contributed by atoms with Crippen molar-refractivity contribution in [2.24, 2.45) is 0 Å². The van der Waals surface area contributed by atoms with Gasteiger partial charge in [-0.3, -0.25) is 19.7 Å². The van der Waals surface area contributed by atoms with Crippen LogP contribution in [0.1, 0.15) is 13.8 Å². The van der Waals surface area contributed by atoms with Crippen molar-refractivity contribution in [3.8, 4) is 5.75 Å². The van der Waals surface area contributed by atoms with Crippen LogP contribution in [0.3, 0.4) is 0 Å². The van der Waals surface area contributed by atoms with Crippen LogP contribution in [0.5, 0.6) is 5.75 Å². The highest BCUT2D eigenvalue weighted by Gasteiger charge is 2.18. The van der Waals surface area contributed by atoms with Gasteiger partial charge in [-0.25, -0.2) is 0 Å². The van der Waals surface area contributed by atoms with Gasteiger partial charge in [-0.1, -0.05) is 0 Å². The quantitative estimate of drug-likeness (QED) is 0.425. The first-order valence-electron chi connectivity index (χ1n) is 7.97. The number of benzene rings is 2. The van der Waals surface area contributed by atoms with Gasteiger partial charge in [0.1, 0.15) is 5.75 Å². The third-order valence-corrected chi connectivity index (χ3v) is 4.62. The number of amides is 2. The molecule has 2 aromatic rings. The van der Waals surface area contributed by atoms with E-state index in [1.54, 1.807) is 19.1 Å². The maximum Gasteiger partial charge on any atom is 0.273 e. The van der Waals surface area contributed by atoms with E-state index in [2.05, 4.69) is 10.6 Å². The smallest absolute Gasteiger partial charge is 0.273 e. The van der Waals surface area contributed by atoms with Gasteiger partial charge in [-0.15, -0.1) is 11.8 Å². The molecule has 0 saturated heterocycles. The molecule has 0 unspecified atom stereocenters. The van der Waals surface area contributed by atoms with Crippen molar-refractivity contribution in [1.82, 2.24) is 0 Å². The molecule has 0 aliphatic rings. The van der Waals surface area contributed by atoms with Gasteiger partial charge in [0.05, 0.1) is 29.0 Å². The molecule has 0 radical (unpaired) electrons. The van der Waals surface area contributed by atoms with Gasteiger partial charge in [0.25, 0.3) is 5.69 Å². The van der Waals surface area contributed by atoms with Gasteiger partial charge in [0, 0.05) is 23.6 Å². The normalized spacial score (nSPS) is 11.4. The minimum atomic E-state index is -0.531. The highest BCUT2D eigenvalue weighted by Crippen LogP contribution is 2.31. The van der Waals surface area contributed by atoms with Crippen LogP contribution >= 0.6 is 11.8 Å². The average Bonchev–Trinajstić information content (AvgIpc) is 2.62. The molecule has 0 heterocycles. The number of carbonyl (C=O) groups is 2. The number of methoxy groups -OCH3 is 1. The first kappa shape index (κ1) is 20.2. The molecule has 142 valence electrons. The summed E-state index contributed by atoms with van der Waals surface area (Å²) in [7, 11) is 1.38. The van der Waals surface area contributed by atoms with E-state index in [4.69, 9.17) is 4.74 Å². The molecule has 0 aliphatic carbocycles. The summed E-state index contributed by atoms with van der Waals surface area (Å²) < 4.78 is 5.12. The van der Waals surface area contributed by atoms with Crippen molar-refractivity contribution in [2.45, 2.75) is 24.0 Å². The fraction of sp³-hybridized carbons (Fsp3) is 0.222. The van der Waals surface area contributed by atoms with Crippen molar-refractivity contribution < 1.29 is 19.2 Å². The Morgan fingerprint density at radius 2 is 1.81 bits per heavy atom. The van der Waals surface area contributed by atoms with Gasteiger partial charge < -0.3 is 15.4 Å². The van der Waals surface area contributed by atoms with Crippen molar-refractivity contribution >= 4 is 40.6 Å². The van der Waals surface area contributed by atoms with E-state index in [9.17, 15) is 19.7 Å². The van der Waals surface area contributed by atoms with E-state index in [1.165, 1.54) is 44.0 Å². The van der Waals surface area contributed by atoms with Crippen LogP contribution < -0.4 is 15.4 Å². The molecule has 9 heteroatoms. The SMILES string of the molecule is COc1cc([N+](=O)[O-])ccc1NC(=O)[C@H](C)Sc1ccc(NC(C)=O)cc1. The Morgan fingerprint density at radius 3 is 2.37 bits per heavy atom. The van der Waals surface area contributed by atoms with Gasteiger partial charge in [-0.05, 0) is 37.3 Å². The highest BCUT2D eigenvalue weighted by atomic mass is 32.2. The third kappa shape index (κ3) is 5.71. The van der Waals surface area contributed by atoms with E-state index in [0.29, 0.717) is 11.4 Å². The molecule has 27 heavy (non-hydrogen) atoms. The molecule has 2 aromatic carbocycles. The highest BCUT2D eigenvalue weighted by molar-refractivity contribution is 8.00. The number of hydrogen-bond donors (Lipinski definition) is 2. The summed E-state index contributed by atoms with van der Waals surface area (Å²) in [6, 6.07) is 11.1. The van der Waals surface area contributed by atoms with Gasteiger partial charge in [0.2, 0.25) is 11.8 Å². The number of nitrogens with zero attached hydrogens (tertiary/aromatic N) is 1. The molecular formula is C18H19N3O5S. The molecule has 0 spiro atoms. The molecule has 0 aromatic heterocycles. The van der Waals surface area contributed by atoms with Crippen LogP contribution in [-0.2, 0) is 9.59 Å². The van der Waals surface area contributed by atoms with Crippen molar-refractivity contribution in [3.05, 3.63) is 52.6 Å². The summed E-state index contributed by atoms with van der Waals surface area (Å²) in [5, 5.41) is 15.8. The predicted octanol–water partition coefficient (Wildman–Crippen LogP) is 3.68. The minimum Gasteiger partial charge on any atom is -0.494 e. The van der Waals surface area contributed by atoms with E-state index < -0.39 is 10.2 Å². The maximum atomic E-state index is 12.4. The second-order valence-corrected chi connectivity index (χ2v) is 7.01. The van der Waals surface area contributed by atoms with Crippen LogP contribution in [0.25, 0.3) is 0 Å². The summed E-state index contributed by atoms with van der Waals surface area (Å²) in [5.41, 5.74) is 0.924. The molecule has 8 nitrogen and oxygen atoms in total. The zero-order chi connectivity index (χ0) is 20.0. The molecule has 2 amide bonds. The molecule has 0 fully saturated rings. The number of ether oxygens (including phenoxy) is 1. The number of carbonyl (C=O) groups excluding carboxylic acids is 2. The number of nitro benzene ring substituents is 1. The van der Waals surface area contributed by atoms with Crippen molar-refractivity contribution in [3.63, 3.8) is 0 Å². The molecule has 2 rings (SSSR count). The second-order valence-electron chi connectivity index (χ2n) is 5.60. The summed E-state index contributed by atoms with van der Waals surface area (Å²) in [6.07, 6.45) is 0. The molecule has 0 aliphatic heterocycles. The van der Waals surface area contributed by atoms with Crippen LogP contribution in [0.2, 0.25) is 0 Å². The lowest BCUT2D eigenvalue weighted by Gasteiger charge is -2.14. The molecule has 0 saturated carbocycles. The van der Waals surface area contributed by atoms with Crippen LogP contribution in [0, 0.1) is 10.1 Å². The Morgan fingerprint density at radius 1 is 1.15 bits per heavy atom. The zero-order valence-electron chi connectivity index (χ0n) is 15.0. The second kappa shape index (κ2) is 9.04. The summed E-state index contributed by atoms with van der Waals surface area (Å²) in [4.78, 5) is 34.6. The number of non-ortho nitro benzene ring substituents is 1. The first-order valence-corrected chi connectivity index (χ1v) is 8.85. The lowest BCUT2D eigenvalue weighted by Crippen LogP contribution is -2.22. The van der Waals surface area contributed by atoms with Gasteiger partial charge >= 0.3 is 0 Å². The summed E-state index contributed by atoms with van der Waals surface area (Å²) in [5.74, 6) is -0.201. The Balaban J connectivity index is 2.03. The third-order valence-electron chi connectivity index (χ3n) is 3.51. The lowest BCUT2D eigenvalue weighted by atomic mass is 10.2. The number of hydrogen-bond acceptors (Lipinski definition) is 6. The Hall–Kier alpha value is -3.07. The Kier molecular flexibility index (Phi) is 6.78. The zero-order valence-corrected chi connectivity index (χ0v) is 15.8. The van der Waals surface area contributed by atoms with Gasteiger partial charge in [0.15, 0.2) is 0 Å². The van der Waals surface area contributed by atoms with Crippen molar-refractivity contribution in [2.75, 3.05) is 17.7 Å². The standard InChI is InChI=1S/C18H19N3O5S/c1-11(27-15-7-4-13(5-8-15)19-12(2)22)18(23)20-16-9-6-14(21(24)25)10-17(16)26-3/h4-11H,1-3H3,(H,19,22)(H,20,23)/t11-/m0/s1. The van der Waals surface area contributed by atoms with E-state index >= 15 is 0 Å². The molecular weight excluding hydrogens is 370 g/mol. The van der Waals surface area contributed by atoms with Crippen LogP contribution in [0.15, 0.2) is 47.4 Å². The van der Waals surface area contributed by atoms with Gasteiger partial charge in [-0.2, -0.15) is 0 Å². The largest absolute Gasteiger partial charge is 0.494 e.